The third-order valence-electron chi connectivity index (χ3n) is 3.96. The molecule has 0 radical (unpaired) electrons. The van der Waals surface area contributed by atoms with Crippen LogP contribution in [0.25, 0.3) is 5.69 Å². The standard InChI is InChI=1S/C17H13F3N6O3/c1-21-12-4-2-10(6-15(12)26(28)29)16(27)24-13-7-11(17(18,19)20)3-5-14(13)25-9-22-8-23-25/h2-9,21H,1H3,(H,24,27). The van der Waals surface area contributed by atoms with E-state index in [1.54, 1.807) is 0 Å². The number of nitrogens with one attached hydrogen (secondary N) is 2. The van der Waals surface area contributed by atoms with Crippen LogP contribution in [0.3, 0.4) is 0 Å². The Balaban J connectivity index is 2.01. The third-order valence-corrected chi connectivity index (χ3v) is 3.96. The number of rotatable bonds is 5. The van der Waals surface area contributed by atoms with Gasteiger partial charge in [0, 0.05) is 18.7 Å². The molecule has 1 amide bonds. The van der Waals surface area contributed by atoms with E-state index < -0.39 is 22.6 Å². The quantitative estimate of drug-likeness (QED) is 0.495. The van der Waals surface area contributed by atoms with Crippen LogP contribution in [0.1, 0.15) is 15.9 Å². The molecule has 3 rings (SSSR count). The first-order valence-corrected chi connectivity index (χ1v) is 8.04. The number of anilines is 2. The van der Waals surface area contributed by atoms with Crippen molar-refractivity contribution in [3.63, 3.8) is 0 Å². The second kappa shape index (κ2) is 7.58. The van der Waals surface area contributed by atoms with E-state index in [1.165, 1.54) is 36.5 Å². The van der Waals surface area contributed by atoms with Crippen LogP contribution in [0.2, 0.25) is 0 Å². The van der Waals surface area contributed by atoms with E-state index in [4.69, 9.17) is 0 Å². The van der Waals surface area contributed by atoms with Crippen molar-refractivity contribution in [2.24, 2.45) is 0 Å². The lowest BCUT2D eigenvalue weighted by atomic mass is 10.1. The summed E-state index contributed by atoms with van der Waals surface area (Å²) in [5.41, 5.74) is -1.28. The molecule has 0 aliphatic rings. The van der Waals surface area contributed by atoms with Gasteiger partial charge in [-0.15, -0.1) is 0 Å². The monoisotopic (exact) mass is 406 g/mol. The van der Waals surface area contributed by atoms with E-state index in [2.05, 4.69) is 20.7 Å². The minimum absolute atomic E-state index is 0.0994. The number of carbonyl (C=O) groups excluding carboxylic acids is 1. The summed E-state index contributed by atoms with van der Waals surface area (Å²) in [7, 11) is 1.48. The van der Waals surface area contributed by atoms with Crippen molar-refractivity contribution in [3.05, 3.63) is 70.3 Å². The molecule has 29 heavy (non-hydrogen) atoms. The zero-order chi connectivity index (χ0) is 21.2. The number of nitro benzene ring substituents is 1. The van der Waals surface area contributed by atoms with Gasteiger partial charge < -0.3 is 10.6 Å². The Morgan fingerprint density at radius 1 is 1.17 bits per heavy atom. The zero-order valence-corrected chi connectivity index (χ0v) is 14.8. The summed E-state index contributed by atoms with van der Waals surface area (Å²) in [5, 5.41) is 20.0. The van der Waals surface area contributed by atoms with E-state index >= 15 is 0 Å². The summed E-state index contributed by atoms with van der Waals surface area (Å²) in [6.45, 7) is 0. The summed E-state index contributed by atoms with van der Waals surface area (Å²) < 4.78 is 40.5. The van der Waals surface area contributed by atoms with Crippen LogP contribution in [0.15, 0.2) is 49.1 Å². The first-order chi connectivity index (χ1) is 13.7. The van der Waals surface area contributed by atoms with Crippen molar-refractivity contribution in [3.8, 4) is 5.69 Å². The van der Waals surface area contributed by atoms with Gasteiger partial charge in [0.1, 0.15) is 18.3 Å². The second-order valence-corrected chi connectivity index (χ2v) is 5.76. The number of nitro groups is 1. The maximum atomic E-state index is 13.1. The Morgan fingerprint density at radius 2 is 1.93 bits per heavy atom. The van der Waals surface area contributed by atoms with Gasteiger partial charge in [-0.1, -0.05) is 0 Å². The number of benzene rings is 2. The molecular weight excluding hydrogens is 393 g/mol. The van der Waals surface area contributed by atoms with E-state index in [9.17, 15) is 28.1 Å². The molecule has 0 saturated carbocycles. The zero-order valence-electron chi connectivity index (χ0n) is 14.8. The molecule has 1 heterocycles. The van der Waals surface area contributed by atoms with Gasteiger partial charge in [0.2, 0.25) is 0 Å². The van der Waals surface area contributed by atoms with Gasteiger partial charge in [0.15, 0.2) is 0 Å². The van der Waals surface area contributed by atoms with Crippen LogP contribution in [0, 0.1) is 10.1 Å². The molecule has 0 unspecified atom stereocenters. The molecule has 150 valence electrons. The maximum absolute atomic E-state index is 13.1. The number of hydrogen-bond donors (Lipinski definition) is 2. The number of amides is 1. The molecule has 2 N–H and O–H groups in total. The average Bonchev–Trinajstić information content (AvgIpc) is 3.21. The Kier molecular flexibility index (Phi) is 5.17. The molecule has 12 heteroatoms. The van der Waals surface area contributed by atoms with Gasteiger partial charge in [0.05, 0.1) is 21.9 Å². The predicted molar refractivity (Wildman–Crippen MR) is 97.0 cm³/mol. The lowest BCUT2D eigenvalue weighted by Crippen LogP contribution is -2.16. The van der Waals surface area contributed by atoms with E-state index in [1.807, 2.05) is 0 Å². The SMILES string of the molecule is CNc1ccc(C(=O)Nc2cc(C(F)(F)F)ccc2-n2cncn2)cc1[N+](=O)[O-]. The largest absolute Gasteiger partial charge is 0.416 e. The lowest BCUT2D eigenvalue weighted by Gasteiger charge is -2.14. The molecule has 3 aromatic rings. The molecule has 0 saturated heterocycles. The van der Waals surface area contributed by atoms with E-state index in [0.29, 0.717) is 0 Å². The number of aromatic nitrogens is 3. The van der Waals surface area contributed by atoms with Crippen LogP contribution in [-0.4, -0.2) is 32.6 Å². The van der Waals surface area contributed by atoms with Gasteiger partial charge >= 0.3 is 6.18 Å². The average molecular weight is 406 g/mol. The molecule has 2 aromatic carbocycles. The van der Waals surface area contributed by atoms with Gasteiger partial charge in [-0.05, 0) is 30.3 Å². The highest BCUT2D eigenvalue weighted by Gasteiger charge is 2.31. The van der Waals surface area contributed by atoms with Crippen molar-refractivity contribution in [1.29, 1.82) is 0 Å². The summed E-state index contributed by atoms with van der Waals surface area (Å²) in [5.74, 6) is -0.823. The highest BCUT2D eigenvalue weighted by molar-refractivity contribution is 6.06. The molecule has 0 bridgehead atoms. The van der Waals surface area contributed by atoms with Gasteiger partial charge in [0.25, 0.3) is 11.6 Å². The summed E-state index contributed by atoms with van der Waals surface area (Å²) in [4.78, 5) is 26.8. The Labute approximate surface area is 161 Å². The number of halogens is 3. The Bertz CT molecular complexity index is 1070. The highest BCUT2D eigenvalue weighted by atomic mass is 19.4. The van der Waals surface area contributed by atoms with Crippen molar-refractivity contribution in [1.82, 2.24) is 14.8 Å². The van der Waals surface area contributed by atoms with Gasteiger partial charge in [-0.3, -0.25) is 14.9 Å². The molecule has 0 aliphatic heterocycles. The fourth-order valence-electron chi connectivity index (χ4n) is 2.57. The van der Waals surface area contributed by atoms with E-state index in [0.717, 1.165) is 24.3 Å². The van der Waals surface area contributed by atoms with Crippen LogP contribution >= 0.6 is 0 Å². The fraction of sp³-hybridized carbons (Fsp3) is 0.118. The van der Waals surface area contributed by atoms with Gasteiger partial charge in [-0.2, -0.15) is 18.3 Å². The fourth-order valence-corrected chi connectivity index (χ4v) is 2.57. The number of alkyl halides is 3. The third kappa shape index (κ3) is 4.15. The van der Waals surface area contributed by atoms with Crippen LogP contribution in [0.5, 0.6) is 0 Å². The smallest absolute Gasteiger partial charge is 0.383 e. The second-order valence-electron chi connectivity index (χ2n) is 5.76. The topological polar surface area (TPSA) is 115 Å². The molecule has 0 aliphatic carbocycles. The van der Waals surface area contributed by atoms with Crippen molar-refractivity contribution in [2.45, 2.75) is 6.18 Å². The number of nitrogens with zero attached hydrogens (tertiary/aromatic N) is 4. The van der Waals surface area contributed by atoms with Crippen molar-refractivity contribution < 1.29 is 22.9 Å². The molecule has 0 fully saturated rings. The molecule has 1 aromatic heterocycles. The molecule has 0 spiro atoms. The van der Waals surface area contributed by atoms with Crippen LogP contribution < -0.4 is 10.6 Å². The number of hydrogen-bond acceptors (Lipinski definition) is 6. The normalized spacial score (nSPS) is 11.2. The summed E-state index contributed by atoms with van der Waals surface area (Å²) >= 11 is 0. The predicted octanol–water partition coefficient (Wildman–Crippen LogP) is 3.49. The molecule has 0 atom stereocenters. The van der Waals surface area contributed by atoms with Crippen LogP contribution in [-0.2, 0) is 6.18 Å². The first-order valence-electron chi connectivity index (χ1n) is 8.04. The number of carbonyl (C=O) groups is 1. The lowest BCUT2D eigenvalue weighted by molar-refractivity contribution is -0.384. The van der Waals surface area contributed by atoms with Crippen molar-refractivity contribution >= 4 is 23.0 Å². The first kappa shape index (κ1) is 19.8. The highest BCUT2D eigenvalue weighted by Crippen LogP contribution is 2.33. The summed E-state index contributed by atoms with van der Waals surface area (Å²) in [6.07, 6.45) is -2.19. The Morgan fingerprint density at radius 3 is 2.52 bits per heavy atom. The minimum Gasteiger partial charge on any atom is -0.383 e. The van der Waals surface area contributed by atoms with Crippen LogP contribution in [0.4, 0.5) is 30.2 Å². The Hall–Kier alpha value is -3.96. The van der Waals surface area contributed by atoms with E-state index in [-0.39, 0.29) is 28.3 Å². The maximum Gasteiger partial charge on any atom is 0.416 e. The molecule has 9 nitrogen and oxygen atoms in total. The molecular formula is C17H13F3N6O3. The van der Waals surface area contributed by atoms with Crippen molar-refractivity contribution in [2.75, 3.05) is 17.7 Å². The minimum atomic E-state index is -4.63. The van der Waals surface area contributed by atoms with Gasteiger partial charge in [-0.25, -0.2) is 9.67 Å². The summed E-state index contributed by atoms with van der Waals surface area (Å²) in [6, 6.07) is 6.42.